The summed E-state index contributed by atoms with van der Waals surface area (Å²) < 4.78 is 5.77. The second kappa shape index (κ2) is 6.41. The SMILES string of the molecule is O=c1[nH]c2c(c(=O)[nH]1)[C@H](c1ccc([N+](=O)[O-])cc1)C=C(c1ccccc1)O2. The number of ether oxygens (including phenoxy) is 1. The molecule has 8 nitrogen and oxygen atoms in total. The minimum Gasteiger partial charge on any atom is -0.440 e. The Morgan fingerprint density at radius 1 is 0.963 bits per heavy atom. The first-order valence-corrected chi connectivity index (χ1v) is 8.09. The average molecular weight is 363 g/mol. The van der Waals surface area contributed by atoms with Crippen LogP contribution in [0.15, 0.2) is 70.3 Å². The van der Waals surface area contributed by atoms with Gasteiger partial charge in [-0.2, -0.15) is 0 Å². The lowest BCUT2D eigenvalue weighted by Crippen LogP contribution is -2.30. The monoisotopic (exact) mass is 363 g/mol. The van der Waals surface area contributed by atoms with Crippen molar-refractivity contribution in [3.63, 3.8) is 0 Å². The number of fused-ring (bicyclic) bond motifs is 1. The van der Waals surface area contributed by atoms with E-state index >= 15 is 0 Å². The largest absolute Gasteiger partial charge is 0.440 e. The molecule has 0 fully saturated rings. The van der Waals surface area contributed by atoms with Gasteiger partial charge in [0.15, 0.2) is 0 Å². The zero-order chi connectivity index (χ0) is 19.0. The number of H-pyrrole nitrogens is 2. The Labute approximate surface area is 151 Å². The van der Waals surface area contributed by atoms with Gasteiger partial charge in [-0.15, -0.1) is 0 Å². The molecule has 2 heterocycles. The molecule has 0 saturated heterocycles. The Morgan fingerprint density at radius 2 is 1.67 bits per heavy atom. The predicted molar refractivity (Wildman–Crippen MR) is 97.7 cm³/mol. The number of allylic oxidation sites excluding steroid dienone is 1. The van der Waals surface area contributed by atoms with Crippen LogP contribution in [0.25, 0.3) is 5.76 Å². The van der Waals surface area contributed by atoms with Crippen molar-refractivity contribution in [1.82, 2.24) is 9.97 Å². The Morgan fingerprint density at radius 3 is 2.33 bits per heavy atom. The number of benzene rings is 2. The third-order valence-corrected chi connectivity index (χ3v) is 4.31. The van der Waals surface area contributed by atoms with Gasteiger partial charge < -0.3 is 4.74 Å². The standard InChI is InChI=1S/C19H13N3O5/c23-17-16-14(11-6-8-13(9-7-11)22(25)26)10-15(12-4-2-1-3-5-12)27-18(16)21-19(24)20-17/h1-10,14H,(H2,20,21,23,24)/t14-/m0/s1. The van der Waals surface area contributed by atoms with Gasteiger partial charge in [0.25, 0.3) is 11.2 Å². The summed E-state index contributed by atoms with van der Waals surface area (Å²) in [5, 5.41) is 10.9. The highest BCUT2D eigenvalue weighted by Crippen LogP contribution is 2.37. The molecule has 0 spiro atoms. The second-order valence-corrected chi connectivity index (χ2v) is 5.98. The maximum Gasteiger partial charge on any atom is 0.328 e. The highest BCUT2D eigenvalue weighted by Gasteiger charge is 2.28. The highest BCUT2D eigenvalue weighted by molar-refractivity contribution is 5.67. The summed E-state index contributed by atoms with van der Waals surface area (Å²) in [5.74, 6) is 0.00604. The van der Waals surface area contributed by atoms with E-state index in [0.717, 1.165) is 5.56 Å². The van der Waals surface area contributed by atoms with Crippen molar-refractivity contribution in [1.29, 1.82) is 0 Å². The van der Waals surface area contributed by atoms with E-state index in [0.29, 0.717) is 11.3 Å². The van der Waals surface area contributed by atoms with Gasteiger partial charge >= 0.3 is 5.69 Å². The Hall–Kier alpha value is -3.94. The van der Waals surface area contributed by atoms with Crippen LogP contribution in [0.5, 0.6) is 5.88 Å². The fourth-order valence-corrected chi connectivity index (χ4v) is 3.04. The third-order valence-electron chi connectivity index (χ3n) is 4.31. The van der Waals surface area contributed by atoms with Crippen molar-refractivity contribution in [3.05, 3.63) is 108 Å². The topological polar surface area (TPSA) is 118 Å². The molecule has 4 rings (SSSR count). The van der Waals surface area contributed by atoms with Crippen LogP contribution < -0.4 is 16.0 Å². The van der Waals surface area contributed by atoms with Gasteiger partial charge in [0.1, 0.15) is 5.76 Å². The molecule has 27 heavy (non-hydrogen) atoms. The van der Waals surface area contributed by atoms with Gasteiger partial charge in [-0.25, -0.2) is 4.79 Å². The van der Waals surface area contributed by atoms with E-state index in [2.05, 4.69) is 9.97 Å². The van der Waals surface area contributed by atoms with Crippen LogP contribution in [0.2, 0.25) is 0 Å². The molecule has 1 atom stereocenters. The van der Waals surface area contributed by atoms with Crippen molar-refractivity contribution >= 4 is 11.4 Å². The van der Waals surface area contributed by atoms with E-state index in [1.165, 1.54) is 12.1 Å². The van der Waals surface area contributed by atoms with E-state index in [-0.39, 0.29) is 17.1 Å². The molecule has 1 aliphatic rings. The summed E-state index contributed by atoms with van der Waals surface area (Å²) in [6.45, 7) is 0. The highest BCUT2D eigenvalue weighted by atomic mass is 16.6. The number of non-ortho nitro benzene ring substituents is 1. The quantitative estimate of drug-likeness (QED) is 0.548. The first kappa shape index (κ1) is 16.5. The number of aromatic amines is 2. The Kier molecular flexibility index (Phi) is 3.92. The number of rotatable bonds is 3. The van der Waals surface area contributed by atoms with Crippen LogP contribution in [0.1, 0.15) is 22.6 Å². The lowest BCUT2D eigenvalue weighted by atomic mass is 9.89. The van der Waals surface area contributed by atoms with E-state index in [1.807, 2.05) is 30.3 Å². The third kappa shape index (κ3) is 3.04. The molecule has 0 unspecified atom stereocenters. The summed E-state index contributed by atoms with van der Waals surface area (Å²) in [4.78, 5) is 39.2. The molecule has 1 aliphatic heterocycles. The summed E-state index contributed by atoms with van der Waals surface area (Å²) in [6.07, 6.45) is 1.76. The van der Waals surface area contributed by atoms with Gasteiger partial charge in [0.2, 0.25) is 5.88 Å². The zero-order valence-corrected chi connectivity index (χ0v) is 13.8. The minimum absolute atomic E-state index is 0.0475. The number of nitrogens with one attached hydrogen (secondary N) is 2. The van der Waals surface area contributed by atoms with Crippen molar-refractivity contribution in [3.8, 4) is 5.88 Å². The number of nitro benzene ring substituents is 1. The normalized spacial score (nSPS) is 15.4. The zero-order valence-electron chi connectivity index (χ0n) is 13.8. The first-order valence-electron chi connectivity index (χ1n) is 8.09. The molecule has 0 bridgehead atoms. The molecule has 134 valence electrons. The molecular weight excluding hydrogens is 350 g/mol. The van der Waals surface area contributed by atoms with Crippen molar-refractivity contribution in [2.75, 3.05) is 0 Å². The number of aromatic nitrogens is 2. The molecular formula is C19H13N3O5. The fraction of sp³-hybridized carbons (Fsp3) is 0.0526. The second-order valence-electron chi connectivity index (χ2n) is 5.98. The molecule has 1 aromatic heterocycles. The maximum absolute atomic E-state index is 12.4. The summed E-state index contributed by atoms with van der Waals surface area (Å²) >= 11 is 0. The lowest BCUT2D eigenvalue weighted by molar-refractivity contribution is -0.384. The Balaban J connectivity index is 1.89. The summed E-state index contributed by atoms with van der Waals surface area (Å²) in [5.41, 5.74) is 0.389. The van der Waals surface area contributed by atoms with Crippen LogP contribution in [0.4, 0.5) is 5.69 Å². The lowest BCUT2D eigenvalue weighted by Gasteiger charge is -2.23. The van der Waals surface area contributed by atoms with Gasteiger partial charge in [-0.1, -0.05) is 42.5 Å². The molecule has 2 N–H and O–H groups in total. The molecule has 0 radical (unpaired) electrons. The van der Waals surface area contributed by atoms with E-state index < -0.39 is 22.1 Å². The molecule has 8 heteroatoms. The van der Waals surface area contributed by atoms with Crippen LogP contribution in [0, 0.1) is 10.1 Å². The fourth-order valence-electron chi connectivity index (χ4n) is 3.04. The van der Waals surface area contributed by atoms with Gasteiger partial charge in [-0.3, -0.25) is 24.9 Å². The maximum atomic E-state index is 12.4. The summed E-state index contributed by atoms with van der Waals surface area (Å²) in [6, 6.07) is 15.2. The van der Waals surface area contributed by atoms with Crippen LogP contribution >= 0.6 is 0 Å². The van der Waals surface area contributed by atoms with Crippen molar-refractivity contribution < 1.29 is 9.66 Å². The molecule has 0 amide bonds. The smallest absolute Gasteiger partial charge is 0.328 e. The van der Waals surface area contributed by atoms with Crippen LogP contribution in [-0.2, 0) is 0 Å². The van der Waals surface area contributed by atoms with Gasteiger partial charge in [0.05, 0.1) is 10.5 Å². The van der Waals surface area contributed by atoms with Gasteiger partial charge in [-0.05, 0) is 11.6 Å². The molecule has 0 aliphatic carbocycles. The van der Waals surface area contributed by atoms with Crippen molar-refractivity contribution in [2.24, 2.45) is 0 Å². The van der Waals surface area contributed by atoms with Crippen LogP contribution in [0.3, 0.4) is 0 Å². The molecule has 2 aromatic carbocycles. The van der Waals surface area contributed by atoms with Crippen molar-refractivity contribution in [2.45, 2.75) is 5.92 Å². The number of nitrogens with zero attached hydrogens (tertiary/aromatic N) is 1. The average Bonchev–Trinajstić information content (AvgIpc) is 2.67. The number of hydrogen-bond acceptors (Lipinski definition) is 5. The Bertz CT molecular complexity index is 1160. The minimum atomic E-state index is -0.671. The summed E-state index contributed by atoms with van der Waals surface area (Å²) in [7, 11) is 0. The van der Waals surface area contributed by atoms with Gasteiger partial charge in [0, 0.05) is 23.6 Å². The van der Waals surface area contributed by atoms with E-state index in [4.69, 9.17) is 4.74 Å². The number of nitro groups is 1. The first-order chi connectivity index (χ1) is 13.0. The van der Waals surface area contributed by atoms with E-state index in [9.17, 15) is 19.7 Å². The number of hydrogen-bond donors (Lipinski definition) is 2. The molecule has 0 saturated carbocycles. The van der Waals surface area contributed by atoms with E-state index in [1.54, 1.807) is 18.2 Å². The molecule has 3 aromatic rings. The van der Waals surface area contributed by atoms with Crippen LogP contribution in [-0.4, -0.2) is 14.9 Å². The predicted octanol–water partition coefficient (Wildman–Crippen LogP) is 2.54.